The third kappa shape index (κ3) is 5.05. The topological polar surface area (TPSA) is 24.5 Å². The maximum absolute atomic E-state index is 5.80. The lowest BCUT2D eigenvalue weighted by Gasteiger charge is -2.39. The molecular weight excluding hydrogens is 236 g/mol. The van der Waals surface area contributed by atoms with Gasteiger partial charge in [0, 0.05) is 25.2 Å². The molecule has 0 spiro atoms. The summed E-state index contributed by atoms with van der Waals surface area (Å²) < 4.78 is 5.80. The van der Waals surface area contributed by atoms with Crippen molar-refractivity contribution in [3.63, 3.8) is 0 Å². The van der Waals surface area contributed by atoms with E-state index in [4.69, 9.17) is 4.74 Å². The Bertz CT molecular complexity index is 239. The number of piperidine rings is 1. The maximum Gasteiger partial charge on any atom is 0.0593 e. The fourth-order valence-corrected chi connectivity index (χ4v) is 3.39. The second-order valence-corrected chi connectivity index (χ2v) is 6.60. The molecule has 2 unspecified atom stereocenters. The Morgan fingerprint density at radius 2 is 2.05 bits per heavy atom. The maximum atomic E-state index is 5.80. The van der Waals surface area contributed by atoms with Gasteiger partial charge < -0.3 is 10.1 Å². The molecular formula is C16H32N2O. The minimum absolute atomic E-state index is 0.746. The molecule has 19 heavy (non-hydrogen) atoms. The second kappa shape index (κ2) is 8.23. The van der Waals surface area contributed by atoms with E-state index in [0.717, 1.165) is 37.8 Å². The molecule has 0 aliphatic carbocycles. The van der Waals surface area contributed by atoms with Gasteiger partial charge in [-0.15, -0.1) is 0 Å². The summed E-state index contributed by atoms with van der Waals surface area (Å²) in [6.07, 6.45) is 8.08. The number of hydrogen-bond donors (Lipinski definition) is 1. The van der Waals surface area contributed by atoms with Crippen LogP contribution in [0.2, 0.25) is 0 Å². The van der Waals surface area contributed by atoms with Crippen molar-refractivity contribution < 1.29 is 4.74 Å². The van der Waals surface area contributed by atoms with Crippen molar-refractivity contribution in [1.82, 2.24) is 10.2 Å². The summed E-state index contributed by atoms with van der Waals surface area (Å²) in [7, 11) is 0. The summed E-state index contributed by atoms with van der Waals surface area (Å²) in [6, 6.07) is 1.51. The smallest absolute Gasteiger partial charge is 0.0593 e. The molecule has 3 heteroatoms. The van der Waals surface area contributed by atoms with Gasteiger partial charge in [-0.25, -0.2) is 0 Å². The van der Waals surface area contributed by atoms with E-state index in [0.29, 0.717) is 0 Å². The monoisotopic (exact) mass is 268 g/mol. The zero-order valence-corrected chi connectivity index (χ0v) is 12.9. The lowest BCUT2D eigenvalue weighted by atomic mass is 9.94. The van der Waals surface area contributed by atoms with Crippen molar-refractivity contribution in [3.05, 3.63) is 0 Å². The van der Waals surface area contributed by atoms with Crippen molar-refractivity contribution in [3.8, 4) is 0 Å². The summed E-state index contributed by atoms with van der Waals surface area (Å²) in [5, 5.41) is 3.69. The zero-order valence-electron chi connectivity index (χ0n) is 12.9. The Hall–Kier alpha value is -0.120. The van der Waals surface area contributed by atoms with Crippen molar-refractivity contribution in [1.29, 1.82) is 0 Å². The van der Waals surface area contributed by atoms with Gasteiger partial charge in [-0.05, 0) is 51.1 Å². The Balaban J connectivity index is 1.67. The molecule has 2 heterocycles. The lowest BCUT2D eigenvalue weighted by molar-refractivity contribution is 0.0573. The van der Waals surface area contributed by atoms with Crippen molar-refractivity contribution in [2.24, 2.45) is 5.92 Å². The summed E-state index contributed by atoms with van der Waals surface area (Å²) in [5.41, 5.74) is 0. The largest absolute Gasteiger partial charge is 0.380 e. The van der Waals surface area contributed by atoms with E-state index in [9.17, 15) is 0 Å². The fourth-order valence-electron chi connectivity index (χ4n) is 3.39. The molecule has 2 saturated heterocycles. The number of nitrogens with zero attached hydrogens (tertiary/aromatic N) is 1. The molecule has 2 aliphatic rings. The molecule has 0 aromatic rings. The van der Waals surface area contributed by atoms with Crippen LogP contribution in [0.1, 0.15) is 52.4 Å². The molecule has 1 N–H and O–H groups in total. The summed E-state index contributed by atoms with van der Waals surface area (Å²) in [6.45, 7) is 9.98. The van der Waals surface area contributed by atoms with Crippen molar-refractivity contribution in [2.75, 3.05) is 32.8 Å². The molecule has 0 aromatic carbocycles. The number of ether oxygens (including phenoxy) is 1. The summed E-state index contributed by atoms with van der Waals surface area (Å²) >= 11 is 0. The Morgan fingerprint density at radius 1 is 1.16 bits per heavy atom. The first kappa shape index (κ1) is 15.3. The molecule has 0 aromatic heterocycles. The first-order valence-corrected chi connectivity index (χ1v) is 8.32. The van der Waals surface area contributed by atoms with Crippen LogP contribution in [0.4, 0.5) is 0 Å². The van der Waals surface area contributed by atoms with Crippen LogP contribution < -0.4 is 5.32 Å². The van der Waals surface area contributed by atoms with Gasteiger partial charge in [0.15, 0.2) is 0 Å². The minimum Gasteiger partial charge on any atom is -0.380 e. The Kier molecular flexibility index (Phi) is 6.62. The standard InChI is InChI=1S/C16H32N2O/c1-14(2)8-12-19-13-11-18-10-4-3-7-16(18)15-6-5-9-17-15/h14-17H,3-13H2,1-2H3. The Labute approximate surface area is 119 Å². The second-order valence-electron chi connectivity index (χ2n) is 6.60. The van der Waals surface area contributed by atoms with Crippen molar-refractivity contribution >= 4 is 0 Å². The highest BCUT2D eigenvalue weighted by atomic mass is 16.5. The third-order valence-electron chi connectivity index (χ3n) is 4.59. The highest BCUT2D eigenvalue weighted by Gasteiger charge is 2.31. The Morgan fingerprint density at radius 3 is 2.79 bits per heavy atom. The normalized spacial score (nSPS) is 29.2. The van der Waals surface area contributed by atoms with Crippen LogP contribution in [0.3, 0.4) is 0 Å². The van der Waals surface area contributed by atoms with Crippen LogP contribution >= 0.6 is 0 Å². The molecule has 0 amide bonds. The van der Waals surface area contributed by atoms with Gasteiger partial charge in [-0.2, -0.15) is 0 Å². The van der Waals surface area contributed by atoms with Crippen LogP contribution in [0.5, 0.6) is 0 Å². The highest BCUT2D eigenvalue weighted by molar-refractivity contribution is 4.90. The van der Waals surface area contributed by atoms with E-state index in [-0.39, 0.29) is 0 Å². The lowest BCUT2D eigenvalue weighted by Crippen LogP contribution is -2.51. The average Bonchev–Trinajstić information content (AvgIpc) is 2.92. The third-order valence-corrected chi connectivity index (χ3v) is 4.59. The van der Waals surface area contributed by atoms with Gasteiger partial charge in [0.2, 0.25) is 0 Å². The fraction of sp³-hybridized carbons (Fsp3) is 1.00. The van der Waals surface area contributed by atoms with E-state index in [1.807, 2.05) is 0 Å². The first-order chi connectivity index (χ1) is 9.27. The number of rotatable bonds is 7. The van der Waals surface area contributed by atoms with Gasteiger partial charge in [0.25, 0.3) is 0 Å². The molecule has 0 radical (unpaired) electrons. The van der Waals surface area contributed by atoms with Crippen LogP contribution in [-0.4, -0.2) is 49.8 Å². The van der Waals surface area contributed by atoms with E-state index < -0.39 is 0 Å². The molecule has 0 bridgehead atoms. The highest BCUT2D eigenvalue weighted by Crippen LogP contribution is 2.23. The average molecular weight is 268 g/mol. The van der Waals surface area contributed by atoms with Gasteiger partial charge in [0.1, 0.15) is 0 Å². The number of nitrogens with one attached hydrogen (secondary N) is 1. The van der Waals surface area contributed by atoms with Gasteiger partial charge in [0.05, 0.1) is 6.61 Å². The van der Waals surface area contributed by atoms with Crippen LogP contribution in [-0.2, 0) is 4.74 Å². The van der Waals surface area contributed by atoms with Crippen LogP contribution in [0, 0.1) is 5.92 Å². The molecule has 2 aliphatic heterocycles. The molecule has 112 valence electrons. The zero-order chi connectivity index (χ0) is 13.5. The van der Waals surface area contributed by atoms with E-state index in [1.165, 1.54) is 51.6 Å². The van der Waals surface area contributed by atoms with Gasteiger partial charge in [-0.1, -0.05) is 20.3 Å². The van der Waals surface area contributed by atoms with E-state index >= 15 is 0 Å². The molecule has 0 saturated carbocycles. The SMILES string of the molecule is CC(C)CCOCCN1CCCCC1C1CCCN1. The summed E-state index contributed by atoms with van der Waals surface area (Å²) in [4.78, 5) is 2.68. The van der Waals surface area contributed by atoms with E-state index in [2.05, 4.69) is 24.1 Å². The molecule has 2 fully saturated rings. The molecule has 3 nitrogen and oxygen atoms in total. The van der Waals surface area contributed by atoms with E-state index in [1.54, 1.807) is 0 Å². The van der Waals surface area contributed by atoms with Crippen molar-refractivity contribution in [2.45, 2.75) is 64.5 Å². The minimum atomic E-state index is 0.746. The van der Waals surface area contributed by atoms with Gasteiger partial charge in [-0.3, -0.25) is 4.90 Å². The molecule has 2 atom stereocenters. The molecule has 2 rings (SSSR count). The summed E-state index contributed by atoms with van der Waals surface area (Å²) in [5.74, 6) is 0.755. The van der Waals surface area contributed by atoms with Crippen LogP contribution in [0.25, 0.3) is 0 Å². The van der Waals surface area contributed by atoms with Crippen LogP contribution in [0.15, 0.2) is 0 Å². The predicted molar refractivity (Wildman–Crippen MR) is 80.5 cm³/mol. The predicted octanol–water partition coefficient (Wildman–Crippen LogP) is 2.66. The first-order valence-electron chi connectivity index (χ1n) is 8.32. The number of hydrogen-bond acceptors (Lipinski definition) is 3. The van der Waals surface area contributed by atoms with Gasteiger partial charge >= 0.3 is 0 Å². The quantitative estimate of drug-likeness (QED) is 0.718. The number of likely N-dealkylation sites (tertiary alicyclic amines) is 1.